The average molecular weight is 400 g/mol. The molecule has 4 aromatic rings. The van der Waals surface area contributed by atoms with E-state index in [0.29, 0.717) is 34.7 Å². The van der Waals surface area contributed by atoms with E-state index < -0.39 is 0 Å². The van der Waals surface area contributed by atoms with Crippen LogP contribution in [0, 0.1) is 0 Å². The molecule has 0 unspecified atom stereocenters. The van der Waals surface area contributed by atoms with Gasteiger partial charge in [-0.25, -0.2) is 4.98 Å². The van der Waals surface area contributed by atoms with E-state index in [1.165, 1.54) is 17.2 Å². The molecular formula is C24H24N4O2. The lowest BCUT2D eigenvalue weighted by Gasteiger charge is -2.20. The molecular weight excluding hydrogens is 376 g/mol. The van der Waals surface area contributed by atoms with E-state index in [0.717, 1.165) is 23.9 Å². The highest BCUT2D eigenvalue weighted by Crippen LogP contribution is 2.23. The first kappa shape index (κ1) is 18.8. The summed E-state index contributed by atoms with van der Waals surface area (Å²) >= 11 is 0. The Morgan fingerprint density at radius 2 is 2.00 bits per heavy atom. The second-order valence-electron chi connectivity index (χ2n) is 8.00. The third kappa shape index (κ3) is 3.13. The van der Waals surface area contributed by atoms with Crippen LogP contribution in [0.3, 0.4) is 0 Å². The van der Waals surface area contributed by atoms with Gasteiger partial charge in [-0.3, -0.25) is 18.9 Å². The minimum absolute atomic E-state index is 0.165. The van der Waals surface area contributed by atoms with Gasteiger partial charge in [0.05, 0.1) is 16.5 Å². The lowest BCUT2D eigenvalue weighted by atomic mass is 10.1. The fourth-order valence-corrected chi connectivity index (χ4v) is 4.47. The van der Waals surface area contributed by atoms with Crippen molar-refractivity contribution in [1.29, 1.82) is 0 Å². The van der Waals surface area contributed by atoms with Crippen molar-refractivity contribution in [2.75, 3.05) is 19.6 Å². The second kappa shape index (κ2) is 7.54. The molecule has 0 aliphatic carbocycles. The van der Waals surface area contributed by atoms with E-state index >= 15 is 0 Å². The summed E-state index contributed by atoms with van der Waals surface area (Å²) in [6.07, 6.45) is 4.10. The normalized spacial score (nSPS) is 17.2. The van der Waals surface area contributed by atoms with Crippen LogP contribution in [0.25, 0.3) is 27.3 Å². The Balaban J connectivity index is 1.54. The molecule has 1 fully saturated rings. The van der Waals surface area contributed by atoms with E-state index in [-0.39, 0.29) is 11.5 Å². The predicted molar refractivity (Wildman–Crippen MR) is 119 cm³/mol. The van der Waals surface area contributed by atoms with Crippen LogP contribution in [-0.4, -0.2) is 45.9 Å². The molecule has 0 spiro atoms. The van der Waals surface area contributed by atoms with Crippen molar-refractivity contribution in [3.05, 3.63) is 70.6 Å². The highest BCUT2D eigenvalue weighted by atomic mass is 16.2. The zero-order chi connectivity index (χ0) is 20.7. The van der Waals surface area contributed by atoms with Gasteiger partial charge < -0.3 is 5.32 Å². The summed E-state index contributed by atoms with van der Waals surface area (Å²) in [5.41, 5.74) is 1.27. The van der Waals surface area contributed by atoms with Crippen LogP contribution in [0.2, 0.25) is 0 Å². The molecule has 1 amide bonds. The Morgan fingerprint density at radius 3 is 2.83 bits per heavy atom. The number of likely N-dealkylation sites (tertiary alicyclic amines) is 1. The number of nitrogens with one attached hydrogen (secondary N) is 1. The number of nitrogens with zero attached hydrogens (tertiary/aromatic N) is 3. The van der Waals surface area contributed by atoms with Gasteiger partial charge in [0, 0.05) is 30.7 Å². The monoisotopic (exact) mass is 400 g/mol. The number of carbonyl (C=O) groups is 1. The quantitative estimate of drug-likeness (QED) is 0.422. The molecule has 5 rings (SSSR count). The van der Waals surface area contributed by atoms with Gasteiger partial charge in [-0.2, -0.15) is 0 Å². The number of hydrogen-bond acceptors (Lipinski definition) is 4. The fourth-order valence-electron chi connectivity index (χ4n) is 4.47. The maximum atomic E-state index is 13.1. The summed E-state index contributed by atoms with van der Waals surface area (Å²) in [7, 11) is 0. The van der Waals surface area contributed by atoms with Gasteiger partial charge in [-0.05, 0) is 49.9 Å². The molecule has 2 aromatic heterocycles. The Bertz CT molecular complexity index is 1330. The minimum Gasteiger partial charge on any atom is -0.351 e. The number of benzene rings is 2. The van der Waals surface area contributed by atoms with E-state index in [9.17, 15) is 9.59 Å². The highest BCUT2D eigenvalue weighted by molar-refractivity contribution is 6.07. The van der Waals surface area contributed by atoms with Crippen LogP contribution < -0.4 is 10.9 Å². The molecule has 0 radical (unpaired) electrons. The molecule has 1 N–H and O–H groups in total. The summed E-state index contributed by atoms with van der Waals surface area (Å²) < 4.78 is 1.47. The SMILES string of the molecule is C[C@H]1CCCN1CCNC(=O)c1cccn2c(=O)c3ccc4ccccc4c3nc12. The molecule has 1 aliphatic heterocycles. The van der Waals surface area contributed by atoms with Crippen molar-refractivity contribution in [3.8, 4) is 0 Å². The summed E-state index contributed by atoms with van der Waals surface area (Å²) in [5.74, 6) is -0.202. The van der Waals surface area contributed by atoms with Crippen LogP contribution in [0.15, 0.2) is 59.5 Å². The third-order valence-electron chi connectivity index (χ3n) is 6.15. The maximum absolute atomic E-state index is 13.1. The number of aromatic nitrogens is 2. The zero-order valence-corrected chi connectivity index (χ0v) is 17.0. The standard InChI is InChI=1S/C24H24N4O2/c1-16-6-4-13-27(16)15-12-25-23(29)20-9-5-14-28-22(20)26-21-18-8-3-2-7-17(18)10-11-19(21)24(28)30/h2-3,5,7-11,14,16H,4,6,12-13,15H2,1H3,(H,25,29)/t16-/m0/s1. The largest absolute Gasteiger partial charge is 0.351 e. The number of amides is 1. The van der Waals surface area contributed by atoms with Gasteiger partial charge in [-0.15, -0.1) is 0 Å². The topological polar surface area (TPSA) is 66.7 Å². The molecule has 6 heteroatoms. The molecule has 1 atom stereocenters. The second-order valence-corrected chi connectivity index (χ2v) is 8.00. The molecule has 0 bridgehead atoms. The summed E-state index contributed by atoms with van der Waals surface area (Å²) in [6, 6.07) is 15.6. The molecule has 6 nitrogen and oxygen atoms in total. The number of fused-ring (bicyclic) bond motifs is 4. The smallest absolute Gasteiger partial charge is 0.265 e. The fraction of sp³-hybridized carbons (Fsp3) is 0.292. The molecule has 3 heterocycles. The summed E-state index contributed by atoms with van der Waals surface area (Å²) in [6.45, 7) is 4.72. The van der Waals surface area contributed by atoms with Crippen molar-refractivity contribution in [1.82, 2.24) is 19.6 Å². The van der Waals surface area contributed by atoms with Crippen molar-refractivity contribution < 1.29 is 4.79 Å². The van der Waals surface area contributed by atoms with Gasteiger partial charge in [0.25, 0.3) is 11.5 Å². The van der Waals surface area contributed by atoms with E-state index in [1.54, 1.807) is 18.3 Å². The lowest BCUT2D eigenvalue weighted by molar-refractivity contribution is 0.0948. The first-order chi connectivity index (χ1) is 14.6. The Labute approximate surface area is 174 Å². The Morgan fingerprint density at radius 1 is 1.13 bits per heavy atom. The maximum Gasteiger partial charge on any atom is 0.265 e. The number of carbonyl (C=O) groups excluding carboxylic acids is 1. The van der Waals surface area contributed by atoms with Gasteiger partial charge >= 0.3 is 0 Å². The van der Waals surface area contributed by atoms with E-state index in [4.69, 9.17) is 4.98 Å². The Kier molecular flexibility index (Phi) is 4.71. The predicted octanol–water partition coefficient (Wildman–Crippen LogP) is 3.22. The van der Waals surface area contributed by atoms with Crippen LogP contribution in [0.1, 0.15) is 30.1 Å². The first-order valence-electron chi connectivity index (χ1n) is 10.5. The number of rotatable bonds is 4. The van der Waals surface area contributed by atoms with Crippen molar-refractivity contribution in [2.45, 2.75) is 25.8 Å². The third-order valence-corrected chi connectivity index (χ3v) is 6.15. The summed E-state index contributed by atoms with van der Waals surface area (Å²) in [5, 5.41) is 5.48. The van der Waals surface area contributed by atoms with Crippen LogP contribution in [-0.2, 0) is 0 Å². The Hall–Kier alpha value is -3.25. The number of pyridine rings is 1. The zero-order valence-electron chi connectivity index (χ0n) is 17.0. The molecule has 1 saturated heterocycles. The van der Waals surface area contributed by atoms with Crippen LogP contribution in [0.5, 0.6) is 0 Å². The van der Waals surface area contributed by atoms with Crippen molar-refractivity contribution in [2.24, 2.45) is 0 Å². The average Bonchev–Trinajstić information content (AvgIpc) is 3.18. The van der Waals surface area contributed by atoms with E-state index in [2.05, 4.69) is 17.1 Å². The molecule has 0 saturated carbocycles. The van der Waals surface area contributed by atoms with Gasteiger partial charge in [0.1, 0.15) is 0 Å². The molecule has 152 valence electrons. The lowest BCUT2D eigenvalue weighted by Crippen LogP contribution is -2.36. The summed E-state index contributed by atoms with van der Waals surface area (Å²) in [4.78, 5) is 33.2. The van der Waals surface area contributed by atoms with Gasteiger partial charge in [-0.1, -0.05) is 30.3 Å². The van der Waals surface area contributed by atoms with E-state index in [1.807, 2.05) is 36.4 Å². The molecule has 1 aliphatic rings. The number of hydrogen-bond donors (Lipinski definition) is 1. The van der Waals surface area contributed by atoms with Crippen molar-refractivity contribution in [3.63, 3.8) is 0 Å². The van der Waals surface area contributed by atoms with Gasteiger partial charge in [0.2, 0.25) is 0 Å². The van der Waals surface area contributed by atoms with Crippen LogP contribution in [0.4, 0.5) is 0 Å². The first-order valence-corrected chi connectivity index (χ1v) is 10.5. The molecule has 2 aromatic carbocycles. The molecule has 30 heavy (non-hydrogen) atoms. The highest BCUT2D eigenvalue weighted by Gasteiger charge is 2.20. The van der Waals surface area contributed by atoms with Gasteiger partial charge in [0.15, 0.2) is 5.65 Å². The van der Waals surface area contributed by atoms with Crippen LogP contribution >= 0.6 is 0 Å². The van der Waals surface area contributed by atoms with Crippen molar-refractivity contribution >= 4 is 33.2 Å². The minimum atomic E-state index is -0.202.